The molecule has 0 aliphatic heterocycles. The highest BCUT2D eigenvalue weighted by Crippen LogP contribution is 2.62. The van der Waals surface area contributed by atoms with E-state index in [-0.39, 0.29) is 10.8 Å². The van der Waals surface area contributed by atoms with Gasteiger partial charge >= 0.3 is 0 Å². The van der Waals surface area contributed by atoms with Crippen LogP contribution in [0.1, 0.15) is 88.6 Å². The summed E-state index contributed by atoms with van der Waals surface area (Å²) in [4.78, 5) is 0. The Bertz CT molecular complexity index is 1250. The normalized spacial score (nSPS) is 41.9. The zero-order chi connectivity index (χ0) is 23.5. The molecule has 8 aliphatic carbocycles. The minimum Gasteiger partial charge on any atom is -0.420 e. The third kappa shape index (κ3) is 2.92. The van der Waals surface area contributed by atoms with E-state index < -0.39 is 0 Å². The van der Waals surface area contributed by atoms with Gasteiger partial charge in [0.2, 0.25) is 5.89 Å². The summed E-state index contributed by atoms with van der Waals surface area (Å²) in [5.41, 5.74) is 3.77. The summed E-state index contributed by atoms with van der Waals surface area (Å²) >= 11 is 0. The zero-order valence-corrected chi connectivity index (χ0v) is 21.1. The highest BCUT2D eigenvalue weighted by molar-refractivity contribution is 5.59. The highest BCUT2D eigenvalue weighted by Gasteiger charge is 2.56. The summed E-state index contributed by atoms with van der Waals surface area (Å²) in [6, 6.07) is 10.6. The number of rotatable bonds is 4. The summed E-state index contributed by atoms with van der Waals surface area (Å²) < 4.78 is 8.81. The molecule has 11 rings (SSSR count). The second-order valence-corrected chi connectivity index (χ2v) is 14.0. The second kappa shape index (κ2) is 7.11. The van der Waals surface area contributed by atoms with Crippen LogP contribution in [0.25, 0.3) is 17.1 Å². The SMILES string of the molecule is c1ccc(-n2cc(-c3nnc(C45CC6CC(CC(C6)C4)C5)o3)c(C34CC5CC(CC(C5)C3)C4)n2)cc1. The maximum atomic E-state index is 6.73. The second-order valence-electron chi connectivity index (χ2n) is 14.0. The Kier molecular flexibility index (Phi) is 4.07. The molecule has 5 nitrogen and oxygen atoms in total. The molecular weight excluding hydrogens is 444 g/mol. The molecule has 0 saturated heterocycles. The Morgan fingerprint density at radius 3 is 1.75 bits per heavy atom. The quantitative estimate of drug-likeness (QED) is 0.409. The molecular formula is C31H36N4O. The molecule has 0 atom stereocenters. The fourth-order valence-corrected chi connectivity index (χ4v) is 11.0. The lowest BCUT2D eigenvalue weighted by atomic mass is 9.48. The van der Waals surface area contributed by atoms with Gasteiger partial charge in [0.1, 0.15) is 0 Å². The number of aromatic nitrogens is 4. The number of benzene rings is 1. The molecule has 1 aromatic carbocycles. The first-order chi connectivity index (χ1) is 17.6. The Labute approximate surface area is 213 Å². The largest absolute Gasteiger partial charge is 0.420 e. The molecule has 2 heterocycles. The van der Waals surface area contributed by atoms with Crippen molar-refractivity contribution < 1.29 is 4.42 Å². The summed E-state index contributed by atoms with van der Waals surface area (Å²) in [7, 11) is 0. The molecule has 0 radical (unpaired) electrons. The van der Waals surface area contributed by atoms with Gasteiger partial charge in [-0.25, -0.2) is 4.68 Å². The Morgan fingerprint density at radius 2 is 1.19 bits per heavy atom. The molecule has 8 bridgehead atoms. The third-order valence-electron chi connectivity index (χ3n) is 11.4. The van der Waals surface area contributed by atoms with E-state index in [1.54, 1.807) is 0 Å². The van der Waals surface area contributed by atoms with E-state index in [1.807, 2.05) is 0 Å². The highest BCUT2D eigenvalue weighted by atomic mass is 16.4. The van der Waals surface area contributed by atoms with Crippen LogP contribution in [0, 0.1) is 35.5 Å². The Hall–Kier alpha value is -2.43. The fourth-order valence-electron chi connectivity index (χ4n) is 11.0. The van der Waals surface area contributed by atoms with Crippen LogP contribution < -0.4 is 0 Å². The topological polar surface area (TPSA) is 56.7 Å². The van der Waals surface area contributed by atoms with Gasteiger partial charge in [0.25, 0.3) is 5.89 Å². The molecule has 186 valence electrons. The predicted octanol–water partition coefficient (Wildman–Crippen LogP) is 6.86. The number of para-hydroxylation sites is 1. The van der Waals surface area contributed by atoms with Crippen molar-refractivity contribution in [1.29, 1.82) is 0 Å². The molecule has 0 unspecified atom stereocenters. The molecule has 0 spiro atoms. The van der Waals surface area contributed by atoms with Crippen molar-refractivity contribution in [3.63, 3.8) is 0 Å². The standard InChI is InChI=1S/C31H36N4O/c1-2-4-25(5-3-1)35-18-26(27(34-35)30-12-19-6-20(13-30)8-21(7-19)14-30)28-32-33-29(36-28)31-15-22-9-23(16-31)11-24(10-22)17-31/h1-5,18-24H,6-17H2. The van der Waals surface area contributed by atoms with Crippen LogP contribution in [-0.2, 0) is 10.8 Å². The molecule has 8 saturated carbocycles. The van der Waals surface area contributed by atoms with Gasteiger partial charge in [0.05, 0.1) is 16.9 Å². The molecule has 5 heteroatoms. The minimum atomic E-state index is 0.135. The van der Waals surface area contributed by atoms with Crippen molar-refractivity contribution in [2.75, 3.05) is 0 Å². The van der Waals surface area contributed by atoms with Gasteiger partial charge in [-0.2, -0.15) is 5.10 Å². The maximum Gasteiger partial charge on any atom is 0.251 e. The summed E-state index contributed by atoms with van der Waals surface area (Å²) in [6.45, 7) is 0. The zero-order valence-electron chi connectivity index (χ0n) is 21.1. The van der Waals surface area contributed by atoms with Gasteiger partial charge in [0, 0.05) is 17.0 Å². The Balaban J connectivity index is 1.16. The summed E-state index contributed by atoms with van der Waals surface area (Å²) in [6.07, 6.45) is 18.4. The summed E-state index contributed by atoms with van der Waals surface area (Å²) in [5.74, 6) is 6.87. The lowest BCUT2D eigenvalue weighted by molar-refractivity contribution is -0.0176. The predicted molar refractivity (Wildman–Crippen MR) is 137 cm³/mol. The van der Waals surface area contributed by atoms with Crippen molar-refractivity contribution in [1.82, 2.24) is 20.0 Å². The molecule has 8 fully saturated rings. The van der Waals surface area contributed by atoms with E-state index in [0.29, 0.717) is 5.89 Å². The first-order valence-corrected chi connectivity index (χ1v) is 14.6. The molecule has 0 amide bonds. The monoisotopic (exact) mass is 480 g/mol. The first kappa shape index (κ1) is 20.6. The molecule has 8 aliphatic rings. The number of hydrogen-bond donors (Lipinski definition) is 0. The summed E-state index contributed by atoms with van der Waals surface area (Å²) in [5, 5.41) is 14.9. The van der Waals surface area contributed by atoms with E-state index in [2.05, 4.69) is 41.2 Å². The van der Waals surface area contributed by atoms with Gasteiger partial charge in [-0.1, -0.05) is 18.2 Å². The van der Waals surface area contributed by atoms with Crippen molar-refractivity contribution >= 4 is 0 Å². The van der Waals surface area contributed by atoms with Gasteiger partial charge < -0.3 is 4.42 Å². The van der Waals surface area contributed by atoms with Crippen LogP contribution in [-0.4, -0.2) is 20.0 Å². The van der Waals surface area contributed by atoms with Crippen molar-refractivity contribution in [2.45, 2.75) is 87.9 Å². The average Bonchev–Trinajstić information content (AvgIpc) is 3.52. The Morgan fingerprint density at radius 1 is 0.667 bits per heavy atom. The lowest BCUT2D eigenvalue weighted by Gasteiger charge is -2.56. The van der Waals surface area contributed by atoms with E-state index >= 15 is 0 Å². The smallest absolute Gasteiger partial charge is 0.251 e. The first-order valence-electron chi connectivity index (χ1n) is 14.6. The molecule has 36 heavy (non-hydrogen) atoms. The lowest BCUT2D eigenvalue weighted by Crippen LogP contribution is -2.49. The van der Waals surface area contributed by atoms with Crippen LogP contribution >= 0.6 is 0 Å². The van der Waals surface area contributed by atoms with Crippen LogP contribution in [0.5, 0.6) is 0 Å². The van der Waals surface area contributed by atoms with Crippen LogP contribution in [0.3, 0.4) is 0 Å². The van der Waals surface area contributed by atoms with E-state index in [0.717, 1.165) is 52.6 Å². The minimum absolute atomic E-state index is 0.135. The van der Waals surface area contributed by atoms with Gasteiger partial charge in [-0.05, 0) is 125 Å². The molecule has 3 aromatic rings. The molecule has 0 N–H and O–H groups in total. The third-order valence-corrected chi connectivity index (χ3v) is 11.4. The van der Waals surface area contributed by atoms with Crippen LogP contribution in [0.4, 0.5) is 0 Å². The van der Waals surface area contributed by atoms with E-state index in [4.69, 9.17) is 19.7 Å². The average molecular weight is 481 g/mol. The van der Waals surface area contributed by atoms with Gasteiger partial charge in [-0.3, -0.25) is 0 Å². The van der Waals surface area contributed by atoms with Gasteiger partial charge in [0.15, 0.2) is 0 Å². The number of hydrogen-bond acceptors (Lipinski definition) is 4. The van der Waals surface area contributed by atoms with Crippen LogP contribution in [0.2, 0.25) is 0 Å². The van der Waals surface area contributed by atoms with Crippen LogP contribution in [0.15, 0.2) is 40.9 Å². The van der Waals surface area contributed by atoms with E-state index in [1.165, 1.54) is 82.7 Å². The number of nitrogens with zero attached hydrogens (tertiary/aromatic N) is 4. The van der Waals surface area contributed by atoms with Crippen molar-refractivity contribution in [2.24, 2.45) is 35.5 Å². The molecule has 2 aromatic heterocycles. The van der Waals surface area contributed by atoms with E-state index in [9.17, 15) is 0 Å². The van der Waals surface area contributed by atoms with Gasteiger partial charge in [-0.15, -0.1) is 10.2 Å². The van der Waals surface area contributed by atoms with Crippen molar-refractivity contribution in [3.05, 3.63) is 48.1 Å². The fraction of sp³-hybridized carbons (Fsp3) is 0.645. The maximum absolute atomic E-state index is 6.73. The van der Waals surface area contributed by atoms with Crippen molar-refractivity contribution in [3.8, 4) is 17.1 Å².